The molecule has 0 fully saturated rings. The minimum Gasteiger partial charge on any atom is -0.164 e. The van der Waals surface area contributed by atoms with Crippen molar-refractivity contribution in [1.82, 2.24) is 4.31 Å². The van der Waals surface area contributed by atoms with Crippen LogP contribution in [0, 0.1) is 0 Å². The maximum atomic E-state index is 11.0. The summed E-state index contributed by atoms with van der Waals surface area (Å²) < 4.78 is 33.0. The summed E-state index contributed by atoms with van der Waals surface area (Å²) in [5, 5.41) is 0. The molecule has 0 saturated carbocycles. The molecular formula is C2H4F3NS. The molecular weight excluding hydrogens is 127 g/mol. The second-order valence-corrected chi connectivity index (χ2v) is 1.59. The van der Waals surface area contributed by atoms with Gasteiger partial charge < -0.3 is 0 Å². The Bertz CT molecular complexity index is 58.4. The molecule has 0 spiro atoms. The second-order valence-electron chi connectivity index (χ2n) is 0.991. The van der Waals surface area contributed by atoms with Gasteiger partial charge in [-0.2, -0.15) is 17.5 Å². The number of halogens is 3. The average molecular weight is 131 g/mol. The van der Waals surface area contributed by atoms with Gasteiger partial charge in [-0.25, -0.2) is 0 Å². The first-order valence-corrected chi connectivity index (χ1v) is 1.84. The molecule has 44 valence electrons. The molecule has 0 N–H and O–H groups in total. The Morgan fingerprint density at radius 1 is 1.43 bits per heavy atom. The Morgan fingerprint density at radius 2 is 1.57 bits per heavy atom. The van der Waals surface area contributed by atoms with Crippen molar-refractivity contribution in [2.75, 3.05) is 7.05 Å². The van der Waals surface area contributed by atoms with E-state index in [4.69, 9.17) is 0 Å². The van der Waals surface area contributed by atoms with Crippen LogP contribution in [0.25, 0.3) is 0 Å². The zero-order valence-corrected chi connectivity index (χ0v) is 4.42. The highest BCUT2D eigenvalue weighted by Gasteiger charge is 2.31. The van der Waals surface area contributed by atoms with Crippen molar-refractivity contribution < 1.29 is 13.2 Å². The van der Waals surface area contributed by atoms with Crippen LogP contribution in [0.1, 0.15) is 0 Å². The van der Waals surface area contributed by atoms with Gasteiger partial charge in [0.1, 0.15) is 0 Å². The summed E-state index contributed by atoms with van der Waals surface area (Å²) >= 11 is 2.99. The molecule has 0 amide bonds. The normalized spacial score (nSPS) is 12.9. The van der Waals surface area contributed by atoms with Crippen LogP contribution in [0.15, 0.2) is 0 Å². The van der Waals surface area contributed by atoms with Crippen LogP contribution in [-0.2, 0) is 0 Å². The molecule has 0 aliphatic heterocycles. The molecule has 0 heterocycles. The van der Waals surface area contributed by atoms with E-state index in [2.05, 4.69) is 12.8 Å². The number of rotatable bonds is 0. The lowest BCUT2D eigenvalue weighted by molar-refractivity contribution is -0.198. The highest BCUT2D eigenvalue weighted by atomic mass is 32.1. The van der Waals surface area contributed by atoms with Crippen LogP contribution in [0.4, 0.5) is 13.2 Å². The lowest BCUT2D eigenvalue weighted by Crippen LogP contribution is -2.24. The fourth-order valence-corrected chi connectivity index (χ4v) is 0. The van der Waals surface area contributed by atoms with Gasteiger partial charge in [-0.3, -0.25) is 0 Å². The number of alkyl halides is 3. The van der Waals surface area contributed by atoms with E-state index in [0.717, 1.165) is 7.05 Å². The Morgan fingerprint density at radius 3 is 1.57 bits per heavy atom. The van der Waals surface area contributed by atoms with Crippen molar-refractivity contribution >= 4 is 12.8 Å². The topological polar surface area (TPSA) is 3.24 Å². The highest BCUT2D eigenvalue weighted by Crippen LogP contribution is 2.19. The van der Waals surface area contributed by atoms with Gasteiger partial charge in [0.05, 0.1) is 0 Å². The number of thiol groups is 1. The molecule has 0 bridgehead atoms. The fraction of sp³-hybridized carbons (Fsp3) is 1.00. The first-order valence-electron chi connectivity index (χ1n) is 1.44. The van der Waals surface area contributed by atoms with Gasteiger partial charge in [-0.1, -0.05) is 12.8 Å². The maximum absolute atomic E-state index is 11.0. The van der Waals surface area contributed by atoms with E-state index in [1.54, 1.807) is 0 Å². The van der Waals surface area contributed by atoms with E-state index in [0.29, 0.717) is 0 Å². The van der Waals surface area contributed by atoms with E-state index in [9.17, 15) is 13.2 Å². The van der Waals surface area contributed by atoms with Crippen molar-refractivity contribution in [3.63, 3.8) is 0 Å². The molecule has 0 atom stereocenters. The predicted octanol–water partition coefficient (Wildman–Crippen LogP) is 1.28. The van der Waals surface area contributed by atoms with Crippen LogP contribution < -0.4 is 0 Å². The SMILES string of the molecule is CN(S)C(F)(F)F. The number of nitrogens with zero attached hydrogens (tertiary/aromatic N) is 1. The van der Waals surface area contributed by atoms with E-state index < -0.39 is 6.30 Å². The van der Waals surface area contributed by atoms with Crippen LogP contribution in [0.2, 0.25) is 0 Å². The monoisotopic (exact) mass is 131 g/mol. The van der Waals surface area contributed by atoms with Gasteiger partial charge in [0.25, 0.3) is 0 Å². The van der Waals surface area contributed by atoms with Crippen molar-refractivity contribution in [1.29, 1.82) is 0 Å². The van der Waals surface area contributed by atoms with E-state index in [1.165, 1.54) is 0 Å². The van der Waals surface area contributed by atoms with Crippen molar-refractivity contribution in [3.8, 4) is 0 Å². The standard InChI is InChI=1S/C2H4F3NS/c1-6(7)2(3,4)5/h7H,1H3. The smallest absolute Gasteiger partial charge is 0.164 e. The highest BCUT2D eigenvalue weighted by molar-refractivity contribution is 7.77. The summed E-state index contributed by atoms with van der Waals surface area (Å²) in [6.07, 6.45) is -4.30. The summed E-state index contributed by atoms with van der Waals surface area (Å²) in [6, 6.07) is 0. The molecule has 0 unspecified atom stereocenters. The van der Waals surface area contributed by atoms with Crippen molar-refractivity contribution in [2.45, 2.75) is 6.30 Å². The molecule has 5 heteroatoms. The number of hydrogen-bond acceptors (Lipinski definition) is 2. The molecule has 0 rings (SSSR count). The van der Waals surface area contributed by atoms with E-state index >= 15 is 0 Å². The van der Waals surface area contributed by atoms with E-state index in [1.807, 2.05) is 0 Å². The summed E-state index contributed by atoms with van der Waals surface area (Å²) in [7, 11) is 0.823. The predicted molar refractivity (Wildman–Crippen MR) is 22.8 cm³/mol. The quantitative estimate of drug-likeness (QED) is 0.383. The lowest BCUT2D eigenvalue weighted by Gasteiger charge is -2.10. The maximum Gasteiger partial charge on any atom is 0.468 e. The Hall–Kier alpha value is 0.100. The molecule has 7 heavy (non-hydrogen) atoms. The summed E-state index contributed by atoms with van der Waals surface area (Å²) in [5.41, 5.74) is 0. The lowest BCUT2D eigenvalue weighted by atomic mass is 11.1. The minimum atomic E-state index is -4.30. The Balaban J connectivity index is 3.54. The van der Waals surface area contributed by atoms with E-state index in [-0.39, 0.29) is 4.31 Å². The third-order valence-electron chi connectivity index (χ3n) is 0.367. The summed E-state index contributed by atoms with van der Waals surface area (Å²) in [4.78, 5) is 0. The molecule has 0 saturated heterocycles. The molecule has 0 aliphatic carbocycles. The molecule has 0 radical (unpaired) electrons. The van der Waals surface area contributed by atoms with Crippen LogP contribution in [0.5, 0.6) is 0 Å². The molecule has 0 aromatic carbocycles. The van der Waals surface area contributed by atoms with Gasteiger partial charge in [0.2, 0.25) is 0 Å². The molecule has 0 aliphatic rings. The Labute approximate surface area is 44.7 Å². The van der Waals surface area contributed by atoms with Crippen molar-refractivity contribution in [2.24, 2.45) is 0 Å². The van der Waals surface area contributed by atoms with Crippen molar-refractivity contribution in [3.05, 3.63) is 0 Å². The van der Waals surface area contributed by atoms with Gasteiger partial charge in [-0.15, -0.1) is 0 Å². The largest absolute Gasteiger partial charge is 0.468 e. The van der Waals surface area contributed by atoms with Gasteiger partial charge in [0.15, 0.2) is 0 Å². The first kappa shape index (κ1) is 7.10. The second kappa shape index (κ2) is 1.92. The van der Waals surface area contributed by atoms with Crippen LogP contribution in [0.3, 0.4) is 0 Å². The molecule has 0 aromatic heterocycles. The van der Waals surface area contributed by atoms with Gasteiger partial charge in [-0.05, 0) is 0 Å². The zero-order valence-electron chi connectivity index (χ0n) is 3.53. The summed E-state index contributed by atoms with van der Waals surface area (Å²) in [5.74, 6) is 0. The minimum absolute atomic E-state index is 0.118. The third-order valence-corrected chi connectivity index (χ3v) is 0.594. The number of hydrogen-bond donors (Lipinski definition) is 1. The average Bonchev–Trinajstić information content (AvgIpc) is 1.31. The molecule has 0 aromatic rings. The van der Waals surface area contributed by atoms with Crippen LogP contribution >= 0.6 is 12.8 Å². The zero-order chi connectivity index (χ0) is 6.08. The molecule has 1 nitrogen and oxygen atoms in total. The Kier molecular flexibility index (Phi) is 1.94. The fourth-order valence-electron chi connectivity index (χ4n) is 0. The van der Waals surface area contributed by atoms with Gasteiger partial charge >= 0.3 is 6.30 Å². The third kappa shape index (κ3) is 2.76. The first-order chi connectivity index (χ1) is 2.94. The van der Waals surface area contributed by atoms with Crippen LogP contribution in [-0.4, -0.2) is 17.7 Å². The summed E-state index contributed by atoms with van der Waals surface area (Å²) in [6.45, 7) is 0. The van der Waals surface area contributed by atoms with Gasteiger partial charge in [0, 0.05) is 7.05 Å².